The van der Waals surface area contributed by atoms with Gasteiger partial charge in [-0.2, -0.15) is 0 Å². The van der Waals surface area contributed by atoms with Crippen LogP contribution in [-0.2, 0) is 11.3 Å². The molecule has 0 unspecified atom stereocenters. The molecule has 2 amide bonds. The molecule has 0 aromatic heterocycles. The summed E-state index contributed by atoms with van der Waals surface area (Å²) in [7, 11) is 0. The van der Waals surface area contributed by atoms with Crippen molar-refractivity contribution in [1.82, 2.24) is 21.5 Å². The zero-order chi connectivity index (χ0) is 18.1. The van der Waals surface area contributed by atoms with E-state index in [1.807, 2.05) is 36.4 Å². The topological polar surface area (TPSA) is 82.3 Å². The van der Waals surface area contributed by atoms with Crippen LogP contribution in [0.25, 0.3) is 0 Å². The molecule has 0 heterocycles. The molecule has 25 heavy (non-hydrogen) atoms. The molecule has 0 saturated heterocycles. The summed E-state index contributed by atoms with van der Waals surface area (Å²) in [5.41, 5.74) is 6.54. The Morgan fingerprint density at radius 3 is 2.44 bits per heavy atom. The van der Waals surface area contributed by atoms with E-state index in [9.17, 15) is 9.59 Å². The standard InChI is InChI=1S/C17H17BrN4O2S/c18-14-8-4-7-13(9-14)16(24)19-11-15(23)21-22-17(25)20-10-12-5-2-1-3-6-12/h1-9H,10-11H2,(H,19,24)(H,21,23)(H2,20,22,25). The van der Waals surface area contributed by atoms with Gasteiger partial charge >= 0.3 is 0 Å². The molecular weight excluding hydrogens is 404 g/mol. The maximum Gasteiger partial charge on any atom is 0.257 e. The van der Waals surface area contributed by atoms with Crippen LogP contribution in [0.5, 0.6) is 0 Å². The third-order valence-corrected chi connectivity index (χ3v) is 3.85. The van der Waals surface area contributed by atoms with Gasteiger partial charge < -0.3 is 10.6 Å². The summed E-state index contributed by atoms with van der Waals surface area (Å²) in [6.07, 6.45) is 0. The van der Waals surface area contributed by atoms with Gasteiger partial charge in [0.25, 0.3) is 11.8 Å². The van der Waals surface area contributed by atoms with Gasteiger partial charge in [-0.15, -0.1) is 0 Å². The van der Waals surface area contributed by atoms with Crippen molar-refractivity contribution in [2.75, 3.05) is 6.54 Å². The zero-order valence-corrected chi connectivity index (χ0v) is 15.6. The fourth-order valence-corrected chi connectivity index (χ4v) is 2.41. The van der Waals surface area contributed by atoms with Crippen LogP contribution >= 0.6 is 28.1 Å². The number of amides is 2. The minimum absolute atomic E-state index is 0.167. The van der Waals surface area contributed by atoms with Gasteiger partial charge in [0.2, 0.25) is 0 Å². The first kappa shape index (κ1) is 18.9. The van der Waals surface area contributed by atoms with Gasteiger partial charge in [0.05, 0.1) is 6.54 Å². The first-order valence-corrected chi connectivity index (χ1v) is 8.65. The Morgan fingerprint density at radius 1 is 0.960 bits per heavy atom. The third-order valence-electron chi connectivity index (χ3n) is 3.11. The van der Waals surface area contributed by atoms with Gasteiger partial charge in [-0.05, 0) is 36.0 Å². The number of nitrogens with one attached hydrogen (secondary N) is 4. The predicted molar refractivity (Wildman–Crippen MR) is 104 cm³/mol. The summed E-state index contributed by atoms with van der Waals surface area (Å²) >= 11 is 8.36. The normalized spacial score (nSPS) is 9.80. The van der Waals surface area contributed by atoms with Crippen molar-refractivity contribution in [2.45, 2.75) is 6.54 Å². The van der Waals surface area contributed by atoms with Crippen LogP contribution in [0.15, 0.2) is 59.1 Å². The van der Waals surface area contributed by atoms with Crippen LogP contribution in [0.1, 0.15) is 15.9 Å². The van der Waals surface area contributed by atoms with E-state index >= 15 is 0 Å². The third kappa shape index (κ3) is 6.90. The lowest BCUT2D eigenvalue weighted by Crippen LogP contribution is -2.49. The second-order valence-electron chi connectivity index (χ2n) is 5.03. The molecule has 0 bridgehead atoms. The summed E-state index contributed by atoms with van der Waals surface area (Å²) < 4.78 is 0.793. The highest BCUT2D eigenvalue weighted by Crippen LogP contribution is 2.11. The lowest BCUT2D eigenvalue weighted by atomic mass is 10.2. The number of hydrogen-bond donors (Lipinski definition) is 4. The summed E-state index contributed by atoms with van der Waals surface area (Å²) in [6.45, 7) is 0.377. The molecule has 6 nitrogen and oxygen atoms in total. The van der Waals surface area contributed by atoms with Gasteiger partial charge in [-0.3, -0.25) is 20.4 Å². The van der Waals surface area contributed by atoms with Gasteiger partial charge in [-0.1, -0.05) is 52.3 Å². The average Bonchev–Trinajstić information content (AvgIpc) is 2.63. The zero-order valence-electron chi connectivity index (χ0n) is 13.2. The van der Waals surface area contributed by atoms with Crippen molar-refractivity contribution >= 4 is 45.1 Å². The number of benzene rings is 2. The Hall–Kier alpha value is -2.45. The van der Waals surface area contributed by atoms with Crippen LogP contribution in [0.2, 0.25) is 0 Å². The highest BCUT2D eigenvalue weighted by Gasteiger charge is 2.08. The van der Waals surface area contributed by atoms with E-state index in [0.29, 0.717) is 12.1 Å². The van der Waals surface area contributed by atoms with Crippen LogP contribution in [0.3, 0.4) is 0 Å². The van der Waals surface area contributed by atoms with Crippen molar-refractivity contribution in [3.05, 3.63) is 70.2 Å². The predicted octanol–water partition coefficient (Wildman–Crippen LogP) is 1.87. The maximum atomic E-state index is 11.9. The fraction of sp³-hybridized carbons (Fsp3) is 0.118. The Balaban J connectivity index is 1.66. The lowest BCUT2D eigenvalue weighted by Gasteiger charge is -2.12. The number of hydrogen-bond acceptors (Lipinski definition) is 3. The fourth-order valence-electron chi connectivity index (χ4n) is 1.89. The minimum atomic E-state index is -0.410. The summed E-state index contributed by atoms with van der Waals surface area (Å²) in [4.78, 5) is 23.7. The van der Waals surface area contributed by atoms with E-state index in [4.69, 9.17) is 12.2 Å². The molecule has 2 aromatic rings. The Bertz CT molecular complexity index is 755. The first-order chi connectivity index (χ1) is 12.0. The number of rotatable bonds is 5. The largest absolute Gasteiger partial charge is 0.357 e. The van der Waals surface area contributed by atoms with E-state index in [-0.39, 0.29) is 17.6 Å². The monoisotopic (exact) mass is 420 g/mol. The minimum Gasteiger partial charge on any atom is -0.357 e. The highest BCUT2D eigenvalue weighted by atomic mass is 79.9. The summed E-state index contributed by atoms with van der Waals surface area (Å²) in [5.74, 6) is -0.742. The maximum absolute atomic E-state index is 11.9. The lowest BCUT2D eigenvalue weighted by molar-refractivity contribution is -0.120. The van der Waals surface area contributed by atoms with Gasteiger partial charge in [0, 0.05) is 16.6 Å². The van der Waals surface area contributed by atoms with Crippen molar-refractivity contribution in [1.29, 1.82) is 0 Å². The molecule has 2 aromatic carbocycles. The molecule has 8 heteroatoms. The Kier molecular flexibility index (Phi) is 7.36. The van der Waals surface area contributed by atoms with E-state index in [0.717, 1.165) is 10.0 Å². The molecule has 0 aliphatic heterocycles. The van der Waals surface area contributed by atoms with E-state index in [1.165, 1.54) is 0 Å². The highest BCUT2D eigenvalue weighted by molar-refractivity contribution is 9.10. The Morgan fingerprint density at radius 2 is 1.72 bits per heavy atom. The van der Waals surface area contributed by atoms with Crippen LogP contribution in [-0.4, -0.2) is 23.5 Å². The van der Waals surface area contributed by atoms with Gasteiger partial charge in [0.15, 0.2) is 5.11 Å². The number of carbonyl (C=O) groups excluding carboxylic acids is 2. The molecule has 0 spiro atoms. The summed E-state index contributed by atoms with van der Waals surface area (Å²) in [6, 6.07) is 16.6. The molecular formula is C17H17BrN4O2S. The molecule has 0 radical (unpaired) electrons. The van der Waals surface area contributed by atoms with Crippen molar-refractivity contribution in [3.8, 4) is 0 Å². The second kappa shape index (κ2) is 9.75. The van der Waals surface area contributed by atoms with Gasteiger partial charge in [-0.25, -0.2) is 0 Å². The number of halogens is 1. The van der Waals surface area contributed by atoms with E-state index in [1.54, 1.807) is 18.2 Å². The summed E-state index contributed by atoms with van der Waals surface area (Å²) in [5, 5.41) is 5.78. The number of hydrazine groups is 1. The molecule has 0 aliphatic rings. The molecule has 0 atom stereocenters. The van der Waals surface area contributed by atoms with Crippen molar-refractivity contribution < 1.29 is 9.59 Å². The Labute approximate surface area is 159 Å². The smallest absolute Gasteiger partial charge is 0.257 e. The molecule has 0 saturated carbocycles. The quantitative estimate of drug-likeness (QED) is 0.438. The van der Waals surface area contributed by atoms with Crippen LogP contribution < -0.4 is 21.5 Å². The number of thiocarbonyl (C=S) groups is 1. The molecule has 0 fully saturated rings. The molecule has 4 N–H and O–H groups in total. The molecule has 2 rings (SSSR count). The van der Waals surface area contributed by atoms with Gasteiger partial charge in [0.1, 0.15) is 0 Å². The first-order valence-electron chi connectivity index (χ1n) is 7.45. The second-order valence-corrected chi connectivity index (χ2v) is 6.36. The number of carbonyl (C=O) groups is 2. The molecule has 0 aliphatic carbocycles. The van der Waals surface area contributed by atoms with E-state index < -0.39 is 5.91 Å². The van der Waals surface area contributed by atoms with Crippen molar-refractivity contribution in [3.63, 3.8) is 0 Å². The van der Waals surface area contributed by atoms with Crippen LogP contribution in [0, 0.1) is 0 Å². The average molecular weight is 421 g/mol. The molecule has 130 valence electrons. The van der Waals surface area contributed by atoms with Crippen LogP contribution in [0.4, 0.5) is 0 Å². The van der Waals surface area contributed by atoms with E-state index in [2.05, 4.69) is 37.4 Å². The van der Waals surface area contributed by atoms with Crippen molar-refractivity contribution in [2.24, 2.45) is 0 Å². The SMILES string of the molecule is O=C(CNC(=O)c1cccc(Br)c1)NNC(=S)NCc1ccccc1.